The summed E-state index contributed by atoms with van der Waals surface area (Å²) in [5.41, 5.74) is 10.5. The normalized spacial score (nSPS) is 14.0. The van der Waals surface area contributed by atoms with Crippen LogP contribution in [0.4, 0.5) is 37.0 Å². The van der Waals surface area contributed by atoms with Gasteiger partial charge in [0.1, 0.15) is 5.82 Å². The Balaban J connectivity index is 0.00000106. The number of hydrogen-bond donors (Lipinski definition) is 4. The first kappa shape index (κ1) is 28.9. The minimum Gasteiger partial charge on any atom is -0.465 e. The van der Waals surface area contributed by atoms with Gasteiger partial charge >= 0.3 is 12.3 Å². The van der Waals surface area contributed by atoms with Gasteiger partial charge in [-0.05, 0) is 31.0 Å². The van der Waals surface area contributed by atoms with Crippen LogP contribution in [0.3, 0.4) is 0 Å². The highest BCUT2D eigenvalue weighted by Gasteiger charge is 2.41. The maximum Gasteiger partial charge on any atom is 0.449 e. The molecule has 6 N–H and O–H groups in total. The lowest BCUT2D eigenvalue weighted by Gasteiger charge is -2.30. The summed E-state index contributed by atoms with van der Waals surface area (Å²) < 4.78 is 80.6. The SMILES string of the molecule is CCCN.NC(CC(=O)N1CCn2c(C(F)(F)F)nc(NC(=O)O)c2C1)Cc1cc(F)c(F)cc1F. The lowest BCUT2D eigenvalue weighted by Crippen LogP contribution is -2.42. The first-order valence-electron chi connectivity index (χ1n) is 10.8. The first-order valence-corrected chi connectivity index (χ1v) is 10.8. The monoisotopic (exact) mass is 524 g/mol. The number of nitrogens with two attached hydrogens (primary N) is 2. The van der Waals surface area contributed by atoms with Gasteiger partial charge < -0.3 is 26.0 Å². The van der Waals surface area contributed by atoms with Gasteiger partial charge in [0.2, 0.25) is 11.7 Å². The summed E-state index contributed by atoms with van der Waals surface area (Å²) in [6, 6.07) is 0.00743. The van der Waals surface area contributed by atoms with Crippen LogP contribution in [-0.2, 0) is 30.5 Å². The van der Waals surface area contributed by atoms with Crippen LogP contribution in [0.5, 0.6) is 0 Å². The Kier molecular flexibility index (Phi) is 9.69. The maximum atomic E-state index is 13.8. The highest BCUT2D eigenvalue weighted by atomic mass is 19.4. The number of amides is 2. The molecule has 15 heteroatoms. The Hall–Kier alpha value is -3.33. The zero-order valence-corrected chi connectivity index (χ0v) is 19.2. The molecular weight excluding hydrogens is 498 g/mol. The largest absolute Gasteiger partial charge is 0.465 e. The van der Waals surface area contributed by atoms with E-state index >= 15 is 0 Å². The van der Waals surface area contributed by atoms with Crippen LogP contribution < -0.4 is 16.8 Å². The lowest BCUT2D eigenvalue weighted by atomic mass is 10.0. The van der Waals surface area contributed by atoms with Crippen molar-refractivity contribution in [3.8, 4) is 0 Å². The predicted octanol–water partition coefficient (Wildman–Crippen LogP) is 3.07. The van der Waals surface area contributed by atoms with Gasteiger partial charge in [-0.1, -0.05) is 6.92 Å². The fourth-order valence-corrected chi connectivity index (χ4v) is 3.43. The molecule has 0 saturated heterocycles. The summed E-state index contributed by atoms with van der Waals surface area (Å²) in [5.74, 6) is -6.11. The van der Waals surface area contributed by atoms with Crippen molar-refractivity contribution in [1.82, 2.24) is 14.5 Å². The smallest absolute Gasteiger partial charge is 0.449 e. The summed E-state index contributed by atoms with van der Waals surface area (Å²) in [6.07, 6.45) is -6.01. The van der Waals surface area contributed by atoms with E-state index in [1.54, 1.807) is 5.32 Å². The van der Waals surface area contributed by atoms with E-state index in [0.29, 0.717) is 12.1 Å². The summed E-state index contributed by atoms with van der Waals surface area (Å²) >= 11 is 0. The van der Waals surface area contributed by atoms with Crippen LogP contribution in [0.25, 0.3) is 0 Å². The number of benzene rings is 1. The van der Waals surface area contributed by atoms with Gasteiger partial charge in [-0.2, -0.15) is 13.2 Å². The second-order valence-electron chi connectivity index (χ2n) is 7.94. The summed E-state index contributed by atoms with van der Waals surface area (Å²) in [6.45, 7) is 2.07. The molecule has 1 aromatic heterocycles. The number of carbonyl (C=O) groups is 2. The van der Waals surface area contributed by atoms with E-state index in [-0.39, 0.29) is 43.7 Å². The van der Waals surface area contributed by atoms with Crippen molar-refractivity contribution in [2.45, 2.75) is 51.5 Å². The third-order valence-electron chi connectivity index (χ3n) is 5.14. The predicted molar refractivity (Wildman–Crippen MR) is 116 cm³/mol. The standard InChI is InChI=1S/C18H17F6N5O3.C3H9N/c19-10-6-12(21)11(20)4-8(10)3-9(25)5-14(30)28-1-2-29-13(7-28)15(27-17(31)32)26-16(29)18(22,23)24;1-2-3-4/h4,6,9,27H,1-3,5,7,25H2,(H,31,32);2-4H2,1H3. The van der Waals surface area contributed by atoms with Crippen molar-refractivity contribution in [3.63, 3.8) is 0 Å². The average molecular weight is 524 g/mol. The minimum absolute atomic E-state index is 0.135. The molecule has 200 valence electrons. The van der Waals surface area contributed by atoms with E-state index in [2.05, 4.69) is 11.9 Å². The molecule has 1 unspecified atom stereocenters. The van der Waals surface area contributed by atoms with Gasteiger partial charge in [-0.25, -0.2) is 22.9 Å². The molecule has 2 heterocycles. The first-order chi connectivity index (χ1) is 16.8. The molecule has 1 atom stereocenters. The number of aromatic nitrogens is 2. The molecule has 0 saturated carbocycles. The van der Waals surface area contributed by atoms with Crippen LogP contribution in [0.1, 0.15) is 36.8 Å². The molecular formula is C21H26F6N6O3. The maximum absolute atomic E-state index is 13.8. The fourth-order valence-electron chi connectivity index (χ4n) is 3.43. The minimum atomic E-state index is -4.84. The topological polar surface area (TPSA) is 140 Å². The van der Waals surface area contributed by atoms with E-state index in [4.69, 9.17) is 16.6 Å². The van der Waals surface area contributed by atoms with Crippen molar-refractivity contribution >= 4 is 17.8 Å². The molecule has 0 bridgehead atoms. The molecule has 0 aliphatic carbocycles. The molecule has 36 heavy (non-hydrogen) atoms. The average Bonchev–Trinajstić information content (AvgIpc) is 3.15. The number of hydrogen-bond acceptors (Lipinski definition) is 5. The Labute approximate surface area is 202 Å². The Morgan fingerprint density at radius 1 is 1.17 bits per heavy atom. The van der Waals surface area contributed by atoms with Gasteiger partial charge in [0.25, 0.3) is 0 Å². The quantitative estimate of drug-likeness (QED) is 0.338. The molecule has 1 aliphatic rings. The van der Waals surface area contributed by atoms with E-state index in [9.17, 15) is 35.9 Å². The Morgan fingerprint density at radius 3 is 2.33 bits per heavy atom. The van der Waals surface area contributed by atoms with Crippen LogP contribution in [0.2, 0.25) is 0 Å². The zero-order chi connectivity index (χ0) is 27.2. The number of carboxylic acid groups (broad SMARTS) is 1. The summed E-state index contributed by atoms with van der Waals surface area (Å²) in [4.78, 5) is 28.0. The van der Waals surface area contributed by atoms with Crippen LogP contribution in [0, 0.1) is 17.5 Å². The van der Waals surface area contributed by atoms with Crippen molar-refractivity contribution in [3.05, 3.63) is 46.7 Å². The number of carbonyl (C=O) groups excluding carboxylic acids is 1. The van der Waals surface area contributed by atoms with Crippen molar-refractivity contribution in [1.29, 1.82) is 0 Å². The van der Waals surface area contributed by atoms with E-state index in [0.717, 1.165) is 22.4 Å². The number of nitrogens with one attached hydrogen (secondary N) is 1. The van der Waals surface area contributed by atoms with Gasteiger partial charge in [0.05, 0.1) is 12.2 Å². The fraction of sp³-hybridized carbons (Fsp3) is 0.476. The highest BCUT2D eigenvalue weighted by Crippen LogP contribution is 2.34. The zero-order valence-electron chi connectivity index (χ0n) is 19.2. The summed E-state index contributed by atoms with van der Waals surface area (Å²) in [7, 11) is 0. The van der Waals surface area contributed by atoms with Crippen molar-refractivity contribution < 1.29 is 41.0 Å². The number of imidazole rings is 1. The number of rotatable bonds is 6. The molecule has 2 aromatic rings. The van der Waals surface area contributed by atoms with Gasteiger partial charge in [-0.3, -0.25) is 10.1 Å². The molecule has 0 fully saturated rings. The highest BCUT2D eigenvalue weighted by molar-refractivity contribution is 5.83. The third kappa shape index (κ3) is 7.34. The van der Waals surface area contributed by atoms with E-state index in [1.807, 2.05) is 0 Å². The van der Waals surface area contributed by atoms with Crippen LogP contribution >= 0.6 is 0 Å². The molecule has 3 rings (SSSR count). The van der Waals surface area contributed by atoms with Crippen LogP contribution in [0.15, 0.2) is 12.1 Å². The van der Waals surface area contributed by atoms with Crippen LogP contribution in [-0.4, -0.2) is 50.7 Å². The lowest BCUT2D eigenvalue weighted by molar-refractivity contribution is -0.148. The van der Waals surface area contributed by atoms with E-state index < -0.39 is 53.3 Å². The number of nitrogens with zero attached hydrogens (tertiary/aromatic N) is 3. The Bertz CT molecular complexity index is 1090. The Morgan fingerprint density at radius 2 is 1.78 bits per heavy atom. The number of anilines is 1. The van der Waals surface area contributed by atoms with Gasteiger partial charge in [0, 0.05) is 31.6 Å². The number of alkyl halides is 3. The molecule has 1 aromatic carbocycles. The number of fused-ring (bicyclic) bond motifs is 1. The van der Waals surface area contributed by atoms with Gasteiger partial charge in [0.15, 0.2) is 17.5 Å². The molecule has 2 amide bonds. The molecule has 9 nitrogen and oxygen atoms in total. The molecule has 0 radical (unpaired) electrons. The number of halogens is 6. The van der Waals surface area contributed by atoms with Gasteiger partial charge in [-0.15, -0.1) is 0 Å². The van der Waals surface area contributed by atoms with Crippen molar-refractivity contribution in [2.24, 2.45) is 11.5 Å². The van der Waals surface area contributed by atoms with Crippen molar-refractivity contribution in [2.75, 3.05) is 18.4 Å². The second kappa shape index (κ2) is 12.1. The summed E-state index contributed by atoms with van der Waals surface area (Å²) in [5, 5.41) is 10.6. The second-order valence-corrected chi connectivity index (χ2v) is 7.94. The van der Waals surface area contributed by atoms with E-state index in [1.165, 1.54) is 0 Å². The molecule has 0 spiro atoms. The third-order valence-corrected chi connectivity index (χ3v) is 5.14. The molecule has 1 aliphatic heterocycles.